The van der Waals surface area contributed by atoms with Crippen molar-refractivity contribution in [3.05, 3.63) is 53.1 Å². The first-order chi connectivity index (χ1) is 10.6. The molecule has 3 rings (SSSR count). The Morgan fingerprint density at radius 3 is 2.77 bits per heavy atom. The van der Waals surface area contributed by atoms with Crippen LogP contribution in [0.1, 0.15) is 18.4 Å². The number of hydrogen-bond acceptors (Lipinski definition) is 3. The monoisotopic (exact) mass is 312 g/mol. The fourth-order valence-corrected chi connectivity index (χ4v) is 2.17. The minimum Gasteiger partial charge on any atom is -0.328 e. The van der Waals surface area contributed by atoms with E-state index in [2.05, 4.69) is 20.9 Å². The molecule has 5 nitrogen and oxygen atoms in total. The Hall–Kier alpha value is -2.45. The number of terminal acetylenes is 1. The fraction of sp³-hybridized carbons (Fsp3) is 0.250. The number of halogens is 1. The van der Waals surface area contributed by atoms with Gasteiger partial charge in [0.05, 0.1) is 6.54 Å². The first-order valence-corrected chi connectivity index (χ1v) is 7.20. The second-order valence-electron chi connectivity index (χ2n) is 5.19. The molecule has 0 atom stereocenters. The smallest absolute Gasteiger partial charge is 0.265 e. The predicted octanol–water partition coefficient (Wildman–Crippen LogP) is 1.82. The lowest BCUT2D eigenvalue weighted by atomic mass is 10.1. The molecule has 0 aliphatic heterocycles. The van der Waals surface area contributed by atoms with Crippen LogP contribution in [0.15, 0.2) is 41.8 Å². The van der Waals surface area contributed by atoms with E-state index in [0.717, 1.165) is 5.56 Å². The molecule has 6 heteroatoms. The standard InChI is InChI=1S/C16H13ClN4O/c1-2-16(6-7-16)14(22)20-13-5-3-4-8-21(13)11-12-9-18-15(17)19-10-12/h1,3-5,8-10H,6-7,11H2/b20-13+. The van der Waals surface area contributed by atoms with E-state index in [9.17, 15) is 4.79 Å². The lowest BCUT2D eigenvalue weighted by Crippen LogP contribution is -2.24. The summed E-state index contributed by atoms with van der Waals surface area (Å²) in [6, 6.07) is 5.48. The van der Waals surface area contributed by atoms with Crippen LogP contribution in [-0.2, 0) is 11.3 Å². The van der Waals surface area contributed by atoms with Crippen molar-refractivity contribution in [1.29, 1.82) is 0 Å². The predicted molar refractivity (Wildman–Crippen MR) is 81.6 cm³/mol. The summed E-state index contributed by atoms with van der Waals surface area (Å²) in [6.45, 7) is 0.493. The Morgan fingerprint density at radius 2 is 2.14 bits per heavy atom. The molecule has 1 aliphatic carbocycles. The van der Waals surface area contributed by atoms with Crippen molar-refractivity contribution in [3.63, 3.8) is 0 Å². The van der Waals surface area contributed by atoms with Crippen molar-refractivity contribution >= 4 is 17.5 Å². The average Bonchev–Trinajstić information content (AvgIpc) is 3.33. The zero-order valence-corrected chi connectivity index (χ0v) is 12.5. The largest absolute Gasteiger partial charge is 0.328 e. The molecule has 0 aromatic carbocycles. The summed E-state index contributed by atoms with van der Waals surface area (Å²) in [5.41, 5.74) is 0.739. The fourth-order valence-electron chi connectivity index (χ4n) is 2.08. The van der Waals surface area contributed by atoms with Gasteiger partial charge >= 0.3 is 0 Å². The summed E-state index contributed by atoms with van der Waals surface area (Å²) in [5.74, 6) is 2.31. The Morgan fingerprint density at radius 1 is 1.41 bits per heavy atom. The molecule has 1 aliphatic rings. The van der Waals surface area contributed by atoms with Crippen LogP contribution in [0.25, 0.3) is 0 Å². The molecular weight excluding hydrogens is 300 g/mol. The molecule has 22 heavy (non-hydrogen) atoms. The van der Waals surface area contributed by atoms with Crippen molar-refractivity contribution in [2.75, 3.05) is 0 Å². The molecule has 2 aromatic heterocycles. The average molecular weight is 313 g/mol. The molecule has 2 heterocycles. The van der Waals surface area contributed by atoms with Crippen LogP contribution < -0.4 is 5.49 Å². The van der Waals surface area contributed by atoms with E-state index in [0.29, 0.717) is 24.9 Å². The first-order valence-electron chi connectivity index (χ1n) is 6.82. The molecule has 1 fully saturated rings. The van der Waals surface area contributed by atoms with Gasteiger partial charge in [-0.05, 0) is 36.6 Å². The molecule has 0 radical (unpaired) electrons. The lowest BCUT2D eigenvalue weighted by Gasteiger charge is -2.07. The summed E-state index contributed by atoms with van der Waals surface area (Å²) in [4.78, 5) is 24.3. The molecule has 0 saturated heterocycles. The zero-order chi connectivity index (χ0) is 15.6. The van der Waals surface area contributed by atoms with Gasteiger partial charge in [-0.15, -0.1) is 6.42 Å². The zero-order valence-electron chi connectivity index (χ0n) is 11.7. The molecule has 0 bridgehead atoms. The van der Waals surface area contributed by atoms with Crippen molar-refractivity contribution in [2.24, 2.45) is 10.4 Å². The number of carbonyl (C=O) groups excluding carboxylic acids is 1. The van der Waals surface area contributed by atoms with Crippen molar-refractivity contribution < 1.29 is 4.79 Å². The van der Waals surface area contributed by atoms with Crippen LogP contribution in [-0.4, -0.2) is 20.4 Å². The lowest BCUT2D eigenvalue weighted by molar-refractivity contribution is -0.121. The van der Waals surface area contributed by atoms with Crippen LogP contribution >= 0.6 is 11.6 Å². The summed E-state index contributed by atoms with van der Waals surface area (Å²) in [7, 11) is 0. The summed E-state index contributed by atoms with van der Waals surface area (Å²) in [5, 5.41) is 0.201. The summed E-state index contributed by atoms with van der Waals surface area (Å²) in [6.07, 6.45) is 12.0. The molecule has 1 saturated carbocycles. The highest BCUT2D eigenvalue weighted by Gasteiger charge is 2.48. The Kier molecular flexibility index (Phi) is 3.78. The molecule has 0 spiro atoms. The van der Waals surface area contributed by atoms with E-state index >= 15 is 0 Å². The van der Waals surface area contributed by atoms with Crippen LogP contribution in [0.4, 0.5) is 0 Å². The van der Waals surface area contributed by atoms with Crippen molar-refractivity contribution in [2.45, 2.75) is 19.4 Å². The van der Waals surface area contributed by atoms with Crippen LogP contribution in [0, 0.1) is 17.8 Å². The van der Waals surface area contributed by atoms with E-state index in [4.69, 9.17) is 18.0 Å². The number of nitrogens with zero attached hydrogens (tertiary/aromatic N) is 4. The van der Waals surface area contributed by atoms with Crippen molar-refractivity contribution in [1.82, 2.24) is 14.5 Å². The highest BCUT2D eigenvalue weighted by molar-refractivity contribution is 6.28. The maximum Gasteiger partial charge on any atom is 0.265 e. The van der Waals surface area contributed by atoms with Crippen LogP contribution in [0.5, 0.6) is 0 Å². The second kappa shape index (κ2) is 5.74. The molecule has 2 aromatic rings. The Balaban J connectivity index is 1.92. The van der Waals surface area contributed by atoms with E-state index < -0.39 is 5.41 Å². The van der Waals surface area contributed by atoms with Gasteiger partial charge in [0.1, 0.15) is 10.9 Å². The Labute approximate surface area is 132 Å². The van der Waals surface area contributed by atoms with Crippen molar-refractivity contribution in [3.8, 4) is 12.3 Å². The van der Waals surface area contributed by atoms with Gasteiger partial charge in [-0.25, -0.2) is 9.97 Å². The van der Waals surface area contributed by atoms with Gasteiger partial charge < -0.3 is 4.57 Å². The minimum atomic E-state index is -0.683. The highest BCUT2D eigenvalue weighted by atomic mass is 35.5. The molecule has 0 unspecified atom stereocenters. The normalized spacial score (nSPS) is 16.1. The molecule has 1 amide bonds. The molecule has 0 N–H and O–H groups in total. The third kappa shape index (κ3) is 2.92. The van der Waals surface area contributed by atoms with Crippen LogP contribution in [0.3, 0.4) is 0 Å². The minimum absolute atomic E-state index is 0.201. The second-order valence-corrected chi connectivity index (χ2v) is 5.53. The quantitative estimate of drug-likeness (QED) is 0.641. The number of rotatable bonds is 3. The van der Waals surface area contributed by atoms with E-state index in [1.807, 2.05) is 22.9 Å². The van der Waals surface area contributed by atoms with Crippen LogP contribution in [0.2, 0.25) is 5.28 Å². The topological polar surface area (TPSA) is 60.1 Å². The van der Waals surface area contributed by atoms with E-state index in [-0.39, 0.29) is 11.2 Å². The summed E-state index contributed by atoms with van der Waals surface area (Å²) < 4.78 is 1.84. The van der Waals surface area contributed by atoms with Gasteiger partial charge in [0.2, 0.25) is 5.28 Å². The van der Waals surface area contributed by atoms with Gasteiger partial charge in [0, 0.05) is 24.2 Å². The SMILES string of the molecule is C#CC1(C(=O)/N=c2\ccccn2Cc2cnc(Cl)nc2)CC1. The first kappa shape index (κ1) is 14.5. The number of pyridine rings is 1. The summed E-state index contributed by atoms with van der Waals surface area (Å²) >= 11 is 5.68. The maximum absolute atomic E-state index is 12.2. The van der Waals surface area contributed by atoms with Gasteiger partial charge in [-0.3, -0.25) is 4.79 Å². The number of amides is 1. The number of carbonyl (C=O) groups is 1. The third-order valence-corrected chi connectivity index (χ3v) is 3.79. The van der Waals surface area contributed by atoms with Gasteiger partial charge in [-0.1, -0.05) is 12.0 Å². The third-order valence-electron chi connectivity index (χ3n) is 3.60. The Bertz CT molecular complexity index is 813. The number of hydrogen-bond donors (Lipinski definition) is 0. The number of aromatic nitrogens is 3. The maximum atomic E-state index is 12.2. The molecular formula is C16H13ClN4O. The molecule has 110 valence electrons. The van der Waals surface area contributed by atoms with E-state index in [1.54, 1.807) is 18.5 Å². The van der Waals surface area contributed by atoms with Gasteiger partial charge in [-0.2, -0.15) is 4.99 Å². The highest BCUT2D eigenvalue weighted by Crippen LogP contribution is 2.45. The van der Waals surface area contributed by atoms with E-state index in [1.165, 1.54) is 0 Å². The van der Waals surface area contributed by atoms with Gasteiger partial charge in [0.15, 0.2) is 0 Å². The van der Waals surface area contributed by atoms with Gasteiger partial charge in [0.25, 0.3) is 5.91 Å².